The van der Waals surface area contributed by atoms with Gasteiger partial charge in [0.25, 0.3) is 0 Å². The van der Waals surface area contributed by atoms with Gasteiger partial charge in [0.15, 0.2) is 9.84 Å². The van der Waals surface area contributed by atoms with Crippen molar-refractivity contribution >= 4 is 21.7 Å². The summed E-state index contributed by atoms with van der Waals surface area (Å²) in [6, 6.07) is 0. The molecule has 2 unspecified atom stereocenters. The van der Waals surface area contributed by atoms with Crippen LogP contribution in [0.25, 0.3) is 0 Å². The van der Waals surface area contributed by atoms with Crippen LogP contribution in [0.2, 0.25) is 0 Å². The molecule has 1 amide bonds. The minimum atomic E-state index is -3.07. The first-order chi connectivity index (χ1) is 9.19. The van der Waals surface area contributed by atoms with E-state index in [1.54, 1.807) is 0 Å². The number of carbonyl (C=O) groups is 2. The minimum Gasteiger partial charge on any atom is -0.481 e. The molecular formula is C13H23NO5S. The Kier molecular flexibility index (Phi) is 5.98. The van der Waals surface area contributed by atoms with E-state index in [9.17, 15) is 18.0 Å². The van der Waals surface area contributed by atoms with Gasteiger partial charge in [-0.2, -0.15) is 0 Å². The van der Waals surface area contributed by atoms with Crippen molar-refractivity contribution in [1.29, 1.82) is 0 Å². The first-order valence-corrected chi connectivity index (χ1v) is 8.71. The molecule has 2 N–H and O–H groups in total. The van der Waals surface area contributed by atoms with Crippen LogP contribution in [0.15, 0.2) is 0 Å². The molecule has 0 radical (unpaired) electrons. The molecule has 1 aliphatic rings. The normalized spacial score (nSPS) is 22.6. The van der Waals surface area contributed by atoms with Crippen LogP contribution in [0.4, 0.5) is 0 Å². The number of carboxylic acid groups (broad SMARTS) is 1. The van der Waals surface area contributed by atoms with Crippen LogP contribution in [-0.4, -0.2) is 43.5 Å². The van der Waals surface area contributed by atoms with Crippen LogP contribution >= 0.6 is 0 Å². The Hall–Kier alpha value is -1.11. The summed E-state index contributed by atoms with van der Waals surface area (Å²) < 4.78 is 22.6. The van der Waals surface area contributed by atoms with E-state index in [0.29, 0.717) is 18.9 Å². The molecule has 1 rings (SSSR count). The second kappa shape index (κ2) is 7.06. The van der Waals surface area contributed by atoms with Gasteiger partial charge < -0.3 is 10.4 Å². The van der Waals surface area contributed by atoms with E-state index < -0.39 is 21.7 Å². The zero-order chi connectivity index (χ0) is 15.3. The highest BCUT2D eigenvalue weighted by molar-refractivity contribution is 7.91. The average Bonchev–Trinajstić information content (AvgIpc) is 2.64. The molecule has 1 fully saturated rings. The largest absolute Gasteiger partial charge is 0.481 e. The standard InChI is InChI=1S/C13H23NO5S/c1-9(2)5-10(6-12(15)16)7-14-13(17)11-3-4-20(18,19)8-11/h9-11H,3-8H2,1-2H3,(H,14,17)(H,15,16). The number of rotatable bonds is 7. The second-order valence-electron chi connectivity index (χ2n) is 5.94. The molecule has 0 aromatic rings. The number of hydrogen-bond donors (Lipinski definition) is 2. The van der Waals surface area contributed by atoms with Gasteiger partial charge in [0.1, 0.15) is 0 Å². The molecule has 0 aliphatic carbocycles. The average molecular weight is 305 g/mol. The molecule has 0 saturated carbocycles. The Morgan fingerprint density at radius 1 is 1.35 bits per heavy atom. The Labute approximate surface area is 119 Å². The van der Waals surface area contributed by atoms with Crippen LogP contribution in [0.1, 0.15) is 33.1 Å². The monoisotopic (exact) mass is 305 g/mol. The minimum absolute atomic E-state index is 0.0153. The summed E-state index contributed by atoms with van der Waals surface area (Å²) >= 11 is 0. The number of carbonyl (C=O) groups excluding carboxylic acids is 1. The maximum atomic E-state index is 11.9. The molecule has 2 atom stereocenters. The van der Waals surface area contributed by atoms with E-state index in [0.717, 1.165) is 6.42 Å². The van der Waals surface area contributed by atoms with E-state index in [4.69, 9.17) is 5.11 Å². The summed E-state index contributed by atoms with van der Waals surface area (Å²) in [5.74, 6) is -1.43. The van der Waals surface area contributed by atoms with Gasteiger partial charge in [-0.25, -0.2) is 8.42 Å². The Morgan fingerprint density at radius 2 is 2.00 bits per heavy atom. The summed E-state index contributed by atoms with van der Waals surface area (Å²) in [7, 11) is -3.07. The van der Waals surface area contributed by atoms with Crippen molar-refractivity contribution in [1.82, 2.24) is 5.32 Å². The molecule has 1 aliphatic heterocycles. The smallest absolute Gasteiger partial charge is 0.303 e. The summed E-state index contributed by atoms with van der Waals surface area (Å²) in [6.07, 6.45) is 1.10. The molecule has 0 spiro atoms. The van der Waals surface area contributed by atoms with Crippen LogP contribution in [-0.2, 0) is 19.4 Å². The van der Waals surface area contributed by atoms with Gasteiger partial charge in [0, 0.05) is 13.0 Å². The maximum Gasteiger partial charge on any atom is 0.303 e. The topological polar surface area (TPSA) is 101 Å². The van der Waals surface area contributed by atoms with Crippen LogP contribution < -0.4 is 5.32 Å². The van der Waals surface area contributed by atoms with Crippen molar-refractivity contribution in [3.8, 4) is 0 Å². The summed E-state index contributed by atoms with van der Waals surface area (Å²) in [5.41, 5.74) is 0. The van der Waals surface area contributed by atoms with Gasteiger partial charge in [-0.3, -0.25) is 9.59 Å². The zero-order valence-corrected chi connectivity index (χ0v) is 12.8. The lowest BCUT2D eigenvalue weighted by Gasteiger charge is -2.19. The Balaban J connectivity index is 2.46. The van der Waals surface area contributed by atoms with Crippen LogP contribution in [0.3, 0.4) is 0 Å². The maximum absolute atomic E-state index is 11.9. The van der Waals surface area contributed by atoms with Gasteiger partial charge in [-0.15, -0.1) is 0 Å². The fourth-order valence-electron chi connectivity index (χ4n) is 2.54. The van der Waals surface area contributed by atoms with E-state index in [2.05, 4.69) is 5.32 Å². The molecule has 20 heavy (non-hydrogen) atoms. The van der Waals surface area contributed by atoms with Crippen molar-refractivity contribution < 1.29 is 23.1 Å². The molecule has 116 valence electrons. The quantitative estimate of drug-likeness (QED) is 0.720. The van der Waals surface area contributed by atoms with Crippen molar-refractivity contribution in [2.75, 3.05) is 18.1 Å². The molecule has 0 aromatic heterocycles. The predicted octanol–water partition coefficient (Wildman–Crippen LogP) is 0.674. The second-order valence-corrected chi connectivity index (χ2v) is 8.17. The third-order valence-corrected chi connectivity index (χ3v) is 5.20. The molecular weight excluding hydrogens is 282 g/mol. The van der Waals surface area contributed by atoms with Gasteiger partial charge in [-0.1, -0.05) is 13.8 Å². The zero-order valence-electron chi connectivity index (χ0n) is 12.0. The lowest BCUT2D eigenvalue weighted by Crippen LogP contribution is -2.36. The number of amides is 1. The van der Waals surface area contributed by atoms with Gasteiger partial charge >= 0.3 is 5.97 Å². The molecule has 0 aromatic carbocycles. The van der Waals surface area contributed by atoms with Gasteiger partial charge in [0.2, 0.25) is 5.91 Å². The fraction of sp³-hybridized carbons (Fsp3) is 0.846. The summed E-state index contributed by atoms with van der Waals surface area (Å²) in [5, 5.41) is 11.6. The fourth-order valence-corrected chi connectivity index (χ4v) is 4.28. The van der Waals surface area contributed by atoms with Crippen LogP contribution in [0, 0.1) is 17.8 Å². The molecule has 1 saturated heterocycles. The summed E-state index contributed by atoms with van der Waals surface area (Å²) in [6.45, 7) is 4.29. The number of carboxylic acids is 1. The van der Waals surface area contributed by atoms with Crippen LogP contribution in [0.5, 0.6) is 0 Å². The highest BCUT2D eigenvalue weighted by Crippen LogP contribution is 2.19. The van der Waals surface area contributed by atoms with Gasteiger partial charge in [-0.05, 0) is 24.7 Å². The van der Waals surface area contributed by atoms with Crippen molar-refractivity contribution in [2.45, 2.75) is 33.1 Å². The molecule has 1 heterocycles. The molecule has 7 heteroatoms. The van der Waals surface area contributed by atoms with Crippen molar-refractivity contribution in [2.24, 2.45) is 17.8 Å². The van der Waals surface area contributed by atoms with Crippen molar-refractivity contribution in [3.63, 3.8) is 0 Å². The Bertz CT molecular complexity index is 457. The van der Waals surface area contributed by atoms with E-state index in [-0.39, 0.29) is 29.8 Å². The van der Waals surface area contributed by atoms with Gasteiger partial charge in [0.05, 0.1) is 17.4 Å². The van der Waals surface area contributed by atoms with E-state index in [1.165, 1.54) is 0 Å². The number of hydrogen-bond acceptors (Lipinski definition) is 4. The number of aliphatic carboxylic acids is 1. The lowest BCUT2D eigenvalue weighted by molar-refractivity contribution is -0.138. The first kappa shape index (κ1) is 16.9. The van der Waals surface area contributed by atoms with E-state index in [1.807, 2.05) is 13.8 Å². The third-order valence-electron chi connectivity index (χ3n) is 3.44. The molecule has 0 bridgehead atoms. The highest BCUT2D eigenvalue weighted by atomic mass is 32.2. The number of sulfone groups is 1. The first-order valence-electron chi connectivity index (χ1n) is 6.89. The van der Waals surface area contributed by atoms with E-state index >= 15 is 0 Å². The Morgan fingerprint density at radius 3 is 2.45 bits per heavy atom. The number of nitrogens with one attached hydrogen (secondary N) is 1. The predicted molar refractivity (Wildman–Crippen MR) is 75.0 cm³/mol. The highest BCUT2D eigenvalue weighted by Gasteiger charge is 2.33. The SMILES string of the molecule is CC(C)CC(CNC(=O)C1CCS(=O)(=O)C1)CC(=O)O. The summed E-state index contributed by atoms with van der Waals surface area (Å²) in [4.78, 5) is 22.7. The van der Waals surface area contributed by atoms with Crippen molar-refractivity contribution in [3.05, 3.63) is 0 Å². The lowest BCUT2D eigenvalue weighted by atomic mass is 9.94. The third kappa shape index (κ3) is 5.90. The molecule has 6 nitrogen and oxygen atoms in total.